The predicted molar refractivity (Wildman–Crippen MR) is 157 cm³/mol. The molecule has 0 saturated heterocycles. The number of carbonyl (C=O) groups is 4. The van der Waals surface area contributed by atoms with Gasteiger partial charge in [0.2, 0.25) is 11.8 Å². The molecule has 0 fully saturated rings. The lowest BCUT2D eigenvalue weighted by Crippen LogP contribution is -2.52. The van der Waals surface area contributed by atoms with Gasteiger partial charge < -0.3 is 25.0 Å². The van der Waals surface area contributed by atoms with Gasteiger partial charge in [0.15, 0.2) is 0 Å². The third kappa shape index (κ3) is 11.0. The van der Waals surface area contributed by atoms with Crippen LogP contribution < -0.4 is 10.6 Å². The Hall–Kier alpha value is -4.32. The molecule has 0 aliphatic carbocycles. The summed E-state index contributed by atoms with van der Waals surface area (Å²) in [5.41, 5.74) is 0.388. The van der Waals surface area contributed by atoms with Gasteiger partial charge in [0.1, 0.15) is 29.8 Å². The van der Waals surface area contributed by atoms with Crippen LogP contribution in [0.3, 0.4) is 0 Å². The molecule has 9 heteroatoms. The van der Waals surface area contributed by atoms with Gasteiger partial charge >= 0.3 is 12.1 Å². The Balaban J connectivity index is 2.40. The van der Waals surface area contributed by atoms with E-state index in [2.05, 4.69) is 16.6 Å². The number of ether oxygens (including phenoxy) is 2. The minimum Gasteiger partial charge on any atom is -0.458 e. The van der Waals surface area contributed by atoms with Gasteiger partial charge in [-0.2, -0.15) is 0 Å². The Kier molecular flexibility index (Phi) is 11.5. The third-order valence-corrected chi connectivity index (χ3v) is 5.69. The lowest BCUT2D eigenvalue weighted by molar-refractivity contribution is -0.159. The lowest BCUT2D eigenvalue weighted by Gasteiger charge is -2.32. The van der Waals surface area contributed by atoms with Crippen molar-refractivity contribution in [1.82, 2.24) is 15.5 Å². The third-order valence-electron chi connectivity index (χ3n) is 5.69. The molecule has 0 radical (unpaired) electrons. The van der Waals surface area contributed by atoms with Gasteiger partial charge in [0, 0.05) is 18.5 Å². The second-order valence-electron chi connectivity index (χ2n) is 11.5. The zero-order valence-corrected chi connectivity index (χ0v) is 24.9. The van der Waals surface area contributed by atoms with Crippen LogP contribution in [0.25, 0.3) is 0 Å². The Morgan fingerprint density at radius 2 is 1.49 bits per heavy atom. The first-order valence-corrected chi connectivity index (χ1v) is 13.5. The normalized spacial score (nSPS) is 12.7. The van der Waals surface area contributed by atoms with E-state index in [0.29, 0.717) is 11.1 Å². The number of benzene rings is 2. The number of carbonyl (C=O) groups excluding carboxylic acids is 4. The molecule has 0 aliphatic heterocycles. The molecule has 2 aromatic carbocycles. The fourth-order valence-corrected chi connectivity index (χ4v) is 3.97. The summed E-state index contributed by atoms with van der Waals surface area (Å²) in [6, 6.07) is 13.8. The number of nitrogens with zero attached hydrogens (tertiary/aromatic N) is 1. The monoisotopic (exact) mass is 563 g/mol. The van der Waals surface area contributed by atoms with E-state index >= 15 is 0 Å². The zero-order chi connectivity index (χ0) is 30.8. The minimum atomic E-state index is -1.12. The molecule has 220 valence electrons. The van der Waals surface area contributed by atoms with Crippen molar-refractivity contribution in [3.05, 3.63) is 71.3 Å². The summed E-state index contributed by atoms with van der Waals surface area (Å²) in [6.45, 7) is 11.8. The maximum atomic E-state index is 13.9. The second-order valence-corrected chi connectivity index (χ2v) is 11.5. The van der Waals surface area contributed by atoms with E-state index in [4.69, 9.17) is 15.9 Å². The first kappa shape index (κ1) is 32.9. The van der Waals surface area contributed by atoms with Gasteiger partial charge in [-0.1, -0.05) is 48.4 Å². The smallest absolute Gasteiger partial charge is 0.408 e. The van der Waals surface area contributed by atoms with Crippen LogP contribution in [0.2, 0.25) is 0 Å². The number of alkyl carbamates (subject to hydrolysis) is 1. The van der Waals surface area contributed by atoms with Crippen molar-refractivity contribution in [2.45, 2.75) is 78.2 Å². The molecule has 0 spiro atoms. The van der Waals surface area contributed by atoms with Crippen LogP contribution >= 0.6 is 0 Å². The first-order valence-electron chi connectivity index (χ1n) is 13.5. The number of rotatable bonds is 10. The number of hydrogen-bond donors (Lipinski definition) is 2. The summed E-state index contributed by atoms with van der Waals surface area (Å²) in [5.74, 6) is 0.830. The van der Waals surface area contributed by atoms with Crippen molar-refractivity contribution in [2.24, 2.45) is 0 Å². The van der Waals surface area contributed by atoms with E-state index in [0.717, 1.165) is 5.56 Å². The fraction of sp³-hybridized carbons (Fsp3) is 0.438. The number of esters is 1. The largest absolute Gasteiger partial charge is 0.458 e. The van der Waals surface area contributed by atoms with Crippen LogP contribution in [0, 0.1) is 12.3 Å². The first-order chi connectivity index (χ1) is 19.1. The average Bonchev–Trinajstić information content (AvgIpc) is 2.88. The van der Waals surface area contributed by atoms with Crippen molar-refractivity contribution < 1.29 is 28.7 Å². The molecule has 0 saturated carbocycles. The molecular formula is C32H41N3O6. The minimum absolute atomic E-state index is 0.138. The highest BCUT2D eigenvalue weighted by Gasteiger charge is 2.35. The van der Waals surface area contributed by atoms with E-state index < -0.39 is 53.7 Å². The van der Waals surface area contributed by atoms with E-state index in [9.17, 15) is 19.2 Å². The van der Waals surface area contributed by atoms with Gasteiger partial charge in [0.25, 0.3) is 0 Å². The molecule has 2 aromatic rings. The number of amides is 3. The van der Waals surface area contributed by atoms with Crippen LogP contribution in [-0.4, -0.2) is 59.1 Å². The van der Waals surface area contributed by atoms with Crippen molar-refractivity contribution >= 4 is 23.9 Å². The summed E-state index contributed by atoms with van der Waals surface area (Å²) in [4.78, 5) is 54.0. The van der Waals surface area contributed by atoms with E-state index in [1.807, 2.05) is 30.3 Å². The van der Waals surface area contributed by atoms with Gasteiger partial charge in [-0.05, 0) is 71.7 Å². The number of hydrogen-bond acceptors (Lipinski definition) is 6. The quantitative estimate of drug-likeness (QED) is 0.332. The molecule has 41 heavy (non-hydrogen) atoms. The molecule has 9 nitrogen and oxygen atoms in total. The highest BCUT2D eigenvalue weighted by molar-refractivity contribution is 5.92. The Bertz CT molecular complexity index is 1240. The van der Waals surface area contributed by atoms with E-state index in [1.165, 1.54) is 4.90 Å². The standard InChI is InChI=1S/C32H41N3O6/c1-9-22-16-18-24(19-17-22)27(35(10-2)26(36)21-33-30(39)41-32(6,7)8)28(37)34-25(29(38)40-31(3,4)5)20-23-14-12-11-13-15-23/h1,11-19,25,27H,10,20-21H2,2-8H3,(H,33,39)(H,34,37). The average molecular weight is 564 g/mol. The van der Waals surface area contributed by atoms with Crippen LogP contribution in [0.4, 0.5) is 4.79 Å². The second kappa shape index (κ2) is 14.4. The fourth-order valence-electron chi connectivity index (χ4n) is 3.97. The molecule has 2 atom stereocenters. The summed E-state index contributed by atoms with van der Waals surface area (Å²) < 4.78 is 10.8. The number of nitrogens with one attached hydrogen (secondary N) is 2. The maximum Gasteiger partial charge on any atom is 0.408 e. The van der Waals surface area contributed by atoms with E-state index in [-0.39, 0.29) is 13.0 Å². The Labute approximate surface area is 243 Å². The van der Waals surface area contributed by atoms with Crippen molar-refractivity contribution in [3.63, 3.8) is 0 Å². The lowest BCUT2D eigenvalue weighted by atomic mass is 10.0. The highest BCUT2D eigenvalue weighted by Crippen LogP contribution is 2.23. The summed E-state index contributed by atoms with van der Waals surface area (Å²) in [5, 5.41) is 5.27. The summed E-state index contributed by atoms with van der Waals surface area (Å²) in [7, 11) is 0. The van der Waals surface area contributed by atoms with Crippen LogP contribution in [0.1, 0.15) is 71.2 Å². The topological polar surface area (TPSA) is 114 Å². The molecule has 3 amide bonds. The van der Waals surface area contributed by atoms with Gasteiger partial charge in [0.05, 0.1) is 0 Å². The molecule has 2 N–H and O–H groups in total. The van der Waals surface area contributed by atoms with Crippen LogP contribution in [0.5, 0.6) is 0 Å². The maximum absolute atomic E-state index is 13.9. The van der Waals surface area contributed by atoms with Gasteiger partial charge in [-0.3, -0.25) is 9.59 Å². The van der Waals surface area contributed by atoms with Crippen molar-refractivity contribution in [1.29, 1.82) is 0 Å². The van der Waals surface area contributed by atoms with Crippen molar-refractivity contribution in [2.75, 3.05) is 13.1 Å². The molecule has 0 heterocycles. The molecule has 2 rings (SSSR count). The molecule has 2 unspecified atom stereocenters. The highest BCUT2D eigenvalue weighted by atomic mass is 16.6. The SMILES string of the molecule is C#Cc1ccc(C(C(=O)NC(Cc2ccccc2)C(=O)OC(C)(C)C)N(CC)C(=O)CNC(=O)OC(C)(C)C)cc1. The summed E-state index contributed by atoms with van der Waals surface area (Å²) in [6.07, 6.45) is 4.94. The molecule has 0 aliphatic rings. The number of likely N-dealkylation sites (N-methyl/N-ethyl adjacent to an activating group) is 1. The Morgan fingerprint density at radius 1 is 0.902 bits per heavy atom. The van der Waals surface area contributed by atoms with Gasteiger partial charge in [-0.25, -0.2) is 9.59 Å². The molecule has 0 aromatic heterocycles. The molecule has 0 bridgehead atoms. The van der Waals surface area contributed by atoms with Crippen LogP contribution in [-0.2, 0) is 30.3 Å². The zero-order valence-electron chi connectivity index (χ0n) is 24.9. The summed E-state index contributed by atoms with van der Waals surface area (Å²) >= 11 is 0. The van der Waals surface area contributed by atoms with Gasteiger partial charge in [-0.15, -0.1) is 6.42 Å². The van der Waals surface area contributed by atoms with Crippen LogP contribution in [0.15, 0.2) is 54.6 Å². The number of terminal acetylenes is 1. The molecular weight excluding hydrogens is 522 g/mol. The Morgan fingerprint density at radius 3 is 2.00 bits per heavy atom. The van der Waals surface area contributed by atoms with E-state index in [1.54, 1.807) is 72.7 Å². The van der Waals surface area contributed by atoms with Crippen molar-refractivity contribution in [3.8, 4) is 12.3 Å². The predicted octanol–water partition coefficient (Wildman–Crippen LogP) is 4.15.